The largest absolute Gasteiger partial charge is 0.507 e. The molecule has 35 heavy (non-hydrogen) atoms. The van der Waals surface area contributed by atoms with Gasteiger partial charge in [-0.3, -0.25) is 0 Å². The van der Waals surface area contributed by atoms with E-state index in [0.717, 1.165) is 44.7 Å². The molecular weight excluding hydrogens is 432 g/mol. The van der Waals surface area contributed by atoms with Crippen LogP contribution < -0.4 is 4.74 Å². The lowest BCUT2D eigenvalue weighted by molar-refractivity contribution is 0.414. The Bertz CT molecular complexity index is 1340. The number of hydrogen-bond donors (Lipinski definition) is 2. The van der Waals surface area contributed by atoms with E-state index < -0.39 is 0 Å². The number of phenolic OH excluding ortho intramolecular Hbond substituents is 2. The molecule has 0 atom stereocenters. The van der Waals surface area contributed by atoms with E-state index in [-0.39, 0.29) is 17.4 Å². The van der Waals surface area contributed by atoms with Gasteiger partial charge < -0.3 is 14.9 Å². The third-order valence-electron chi connectivity index (χ3n) is 6.33. The Morgan fingerprint density at radius 3 is 1.37 bits per heavy atom. The van der Waals surface area contributed by atoms with Crippen molar-refractivity contribution in [1.29, 1.82) is 0 Å². The monoisotopic (exact) mass is 458 g/mol. The van der Waals surface area contributed by atoms with Crippen LogP contribution in [-0.2, 0) is 0 Å². The van der Waals surface area contributed by atoms with Gasteiger partial charge in [-0.15, -0.1) is 0 Å². The molecule has 3 nitrogen and oxygen atoms in total. The average Bonchev–Trinajstić information content (AvgIpc) is 2.92. The number of rotatable bonds is 6. The Labute approximate surface area is 205 Å². The topological polar surface area (TPSA) is 49.7 Å². The maximum absolute atomic E-state index is 10.7. The first-order chi connectivity index (χ1) is 17.1. The second-order valence-electron chi connectivity index (χ2n) is 8.49. The van der Waals surface area contributed by atoms with Gasteiger partial charge in [-0.1, -0.05) is 84.9 Å². The number of phenols is 2. The molecule has 0 bridgehead atoms. The van der Waals surface area contributed by atoms with Crippen LogP contribution in [0.15, 0.2) is 121 Å². The van der Waals surface area contributed by atoms with E-state index in [4.69, 9.17) is 4.74 Å². The molecule has 0 aliphatic carbocycles. The summed E-state index contributed by atoms with van der Waals surface area (Å²) in [7, 11) is 1.66. The fourth-order valence-corrected chi connectivity index (χ4v) is 4.54. The molecule has 5 aromatic carbocycles. The zero-order chi connectivity index (χ0) is 24.2. The second-order valence-corrected chi connectivity index (χ2v) is 8.49. The van der Waals surface area contributed by atoms with E-state index in [1.807, 2.05) is 84.9 Å². The lowest BCUT2D eigenvalue weighted by Crippen LogP contribution is -2.04. The molecule has 172 valence electrons. The van der Waals surface area contributed by atoms with Crippen LogP contribution in [0.5, 0.6) is 17.2 Å². The lowest BCUT2D eigenvalue weighted by atomic mass is 9.82. The summed E-state index contributed by atoms with van der Waals surface area (Å²) in [5.74, 6) is 1.15. The minimum absolute atomic E-state index is 0.118. The van der Waals surface area contributed by atoms with Gasteiger partial charge in [0.15, 0.2) is 0 Å². The van der Waals surface area contributed by atoms with Gasteiger partial charge in [0.2, 0.25) is 0 Å². The Kier molecular flexibility index (Phi) is 6.23. The standard InChI is InChI=1S/C32H26O3/c1-35-27-16-12-24(13-17-27)32(25-14-18-30(33)28(20-25)22-8-4-2-5-9-22)26-15-19-31(34)29(21-26)23-10-6-3-7-11-23/h2-21,32-34H,1H3. The first kappa shape index (κ1) is 22.3. The quantitative estimate of drug-likeness (QED) is 0.257. The third-order valence-corrected chi connectivity index (χ3v) is 6.33. The molecule has 0 heterocycles. The van der Waals surface area contributed by atoms with Crippen LogP contribution in [0.3, 0.4) is 0 Å². The summed E-state index contributed by atoms with van der Waals surface area (Å²) in [6.07, 6.45) is 0. The van der Waals surface area contributed by atoms with Crippen molar-refractivity contribution in [2.24, 2.45) is 0 Å². The summed E-state index contributed by atoms with van der Waals surface area (Å²) in [5, 5.41) is 21.3. The van der Waals surface area contributed by atoms with E-state index >= 15 is 0 Å². The molecule has 3 heteroatoms. The average molecular weight is 459 g/mol. The Morgan fingerprint density at radius 2 is 0.943 bits per heavy atom. The van der Waals surface area contributed by atoms with Gasteiger partial charge in [0.1, 0.15) is 17.2 Å². The van der Waals surface area contributed by atoms with Gasteiger partial charge in [0, 0.05) is 17.0 Å². The predicted molar refractivity (Wildman–Crippen MR) is 141 cm³/mol. The first-order valence-electron chi connectivity index (χ1n) is 11.5. The molecule has 2 N–H and O–H groups in total. The number of methoxy groups -OCH3 is 1. The van der Waals surface area contributed by atoms with Gasteiger partial charge in [-0.05, 0) is 64.2 Å². The summed E-state index contributed by atoms with van der Waals surface area (Å²) in [6.45, 7) is 0. The SMILES string of the molecule is COc1ccc(C(c2ccc(O)c(-c3ccccc3)c2)c2ccc(O)c(-c3ccccc3)c2)cc1. The van der Waals surface area contributed by atoms with Crippen molar-refractivity contribution in [3.05, 3.63) is 138 Å². The molecule has 0 spiro atoms. The van der Waals surface area contributed by atoms with Crippen molar-refractivity contribution < 1.29 is 14.9 Å². The molecule has 0 amide bonds. The smallest absolute Gasteiger partial charge is 0.123 e. The highest BCUT2D eigenvalue weighted by atomic mass is 16.5. The summed E-state index contributed by atoms with van der Waals surface area (Å²) in [4.78, 5) is 0. The zero-order valence-electron chi connectivity index (χ0n) is 19.4. The van der Waals surface area contributed by atoms with E-state index in [0.29, 0.717) is 0 Å². The number of hydrogen-bond acceptors (Lipinski definition) is 3. The maximum Gasteiger partial charge on any atom is 0.123 e. The van der Waals surface area contributed by atoms with Crippen LogP contribution >= 0.6 is 0 Å². The molecule has 5 rings (SSSR count). The minimum atomic E-state index is -0.118. The first-order valence-corrected chi connectivity index (χ1v) is 11.5. The van der Waals surface area contributed by atoms with Gasteiger partial charge in [0.05, 0.1) is 7.11 Å². The van der Waals surface area contributed by atoms with Crippen LogP contribution in [0.25, 0.3) is 22.3 Å². The van der Waals surface area contributed by atoms with Gasteiger partial charge in [0.25, 0.3) is 0 Å². The summed E-state index contributed by atoms with van der Waals surface area (Å²) >= 11 is 0. The van der Waals surface area contributed by atoms with Crippen molar-refractivity contribution >= 4 is 0 Å². The third kappa shape index (κ3) is 4.62. The molecule has 0 fully saturated rings. The van der Waals surface area contributed by atoms with Crippen molar-refractivity contribution in [2.45, 2.75) is 5.92 Å². The van der Waals surface area contributed by atoms with Crippen LogP contribution in [0.4, 0.5) is 0 Å². The van der Waals surface area contributed by atoms with Gasteiger partial charge >= 0.3 is 0 Å². The van der Waals surface area contributed by atoms with E-state index in [2.05, 4.69) is 24.3 Å². The summed E-state index contributed by atoms with van der Waals surface area (Å²) < 4.78 is 5.38. The van der Waals surface area contributed by atoms with Gasteiger partial charge in [-0.25, -0.2) is 0 Å². The van der Waals surface area contributed by atoms with Crippen LogP contribution in [0, 0.1) is 0 Å². The van der Waals surface area contributed by atoms with E-state index in [1.165, 1.54) is 0 Å². The molecule has 0 aromatic heterocycles. The van der Waals surface area contributed by atoms with E-state index in [1.54, 1.807) is 19.2 Å². The second kappa shape index (κ2) is 9.78. The molecule has 0 aliphatic rings. The normalized spacial score (nSPS) is 10.9. The highest BCUT2D eigenvalue weighted by molar-refractivity contribution is 5.73. The fraction of sp³-hybridized carbons (Fsp3) is 0.0625. The lowest BCUT2D eigenvalue weighted by Gasteiger charge is -2.22. The van der Waals surface area contributed by atoms with Crippen molar-refractivity contribution in [3.8, 4) is 39.5 Å². The van der Waals surface area contributed by atoms with E-state index in [9.17, 15) is 10.2 Å². The molecule has 0 saturated carbocycles. The highest BCUT2D eigenvalue weighted by Crippen LogP contribution is 2.40. The number of ether oxygens (including phenoxy) is 1. The Hall–Kier alpha value is -4.50. The van der Waals surface area contributed by atoms with Crippen LogP contribution in [0.2, 0.25) is 0 Å². The van der Waals surface area contributed by atoms with Crippen molar-refractivity contribution in [3.63, 3.8) is 0 Å². The molecule has 0 radical (unpaired) electrons. The molecule has 0 aliphatic heterocycles. The maximum atomic E-state index is 10.7. The Morgan fingerprint density at radius 1 is 0.514 bits per heavy atom. The molecular formula is C32H26O3. The molecule has 0 saturated heterocycles. The number of benzene rings is 5. The van der Waals surface area contributed by atoms with Gasteiger partial charge in [-0.2, -0.15) is 0 Å². The predicted octanol–water partition coefficient (Wildman–Crippen LogP) is 7.62. The fourth-order valence-electron chi connectivity index (χ4n) is 4.54. The summed E-state index contributed by atoms with van der Waals surface area (Å²) in [5.41, 5.74) is 6.63. The molecule has 0 unspecified atom stereocenters. The molecule has 5 aromatic rings. The number of aromatic hydroxyl groups is 2. The highest BCUT2D eigenvalue weighted by Gasteiger charge is 2.20. The van der Waals surface area contributed by atoms with Crippen LogP contribution in [0.1, 0.15) is 22.6 Å². The minimum Gasteiger partial charge on any atom is -0.507 e. The van der Waals surface area contributed by atoms with Crippen molar-refractivity contribution in [1.82, 2.24) is 0 Å². The summed E-state index contributed by atoms with van der Waals surface area (Å²) in [6, 6.07) is 39.4. The Balaban J connectivity index is 1.68. The zero-order valence-corrected chi connectivity index (χ0v) is 19.4. The van der Waals surface area contributed by atoms with Crippen molar-refractivity contribution in [2.75, 3.05) is 7.11 Å². The van der Waals surface area contributed by atoms with Crippen LogP contribution in [-0.4, -0.2) is 17.3 Å².